The van der Waals surface area contributed by atoms with Crippen LogP contribution in [0.15, 0.2) is 48.2 Å². The molecule has 7 heteroatoms. The zero-order chi connectivity index (χ0) is 18.0. The Morgan fingerprint density at radius 3 is 2.52 bits per heavy atom. The monoisotopic (exact) mass is 337 g/mol. The molecule has 1 aliphatic heterocycles. The van der Waals surface area contributed by atoms with Crippen molar-refractivity contribution in [2.75, 3.05) is 12.8 Å². The van der Waals surface area contributed by atoms with Gasteiger partial charge >= 0.3 is 6.03 Å². The number of methoxy groups -OCH3 is 1. The fourth-order valence-electron chi connectivity index (χ4n) is 2.41. The standard InChI is InChI=1S/C18H15N3O4/c1-25-13-4-2-3-10(8-13)16(22)11-5-6-14(19)12(7-11)9-15-17(23)21-18(24)20-15/h2-9H,19H2,1H3,(H2,20,21,23,24)/b15-9-. The molecule has 0 bridgehead atoms. The number of urea groups is 1. The number of carbonyl (C=O) groups excluding carboxylic acids is 3. The molecule has 0 spiro atoms. The van der Waals surface area contributed by atoms with E-state index in [9.17, 15) is 14.4 Å². The molecule has 1 aliphatic rings. The fourth-order valence-corrected chi connectivity index (χ4v) is 2.41. The maximum absolute atomic E-state index is 12.7. The lowest BCUT2D eigenvalue weighted by molar-refractivity contribution is -0.115. The van der Waals surface area contributed by atoms with Crippen molar-refractivity contribution in [2.24, 2.45) is 0 Å². The van der Waals surface area contributed by atoms with Gasteiger partial charge in [-0.3, -0.25) is 14.9 Å². The predicted molar refractivity (Wildman–Crippen MR) is 91.9 cm³/mol. The Bertz CT molecular complexity index is 918. The Morgan fingerprint density at radius 2 is 1.84 bits per heavy atom. The highest BCUT2D eigenvalue weighted by atomic mass is 16.5. The van der Waals surface area contributed by atoms with Crippen LogP contribution < -0.4 is 21.1 Å². The number of nitrogens with one attached hydrogen (secondary N) is 2. The highest BCUT2D eigenvalue weighted by Crippen LogP contribution is 2.21. The highest BCUT2D eigenvalue weighted by Gasteiger charge is 2.23. The van der Waals surface area contributed by atoms with Gasteiger partial charge in [0.2, 0.25) is 0 Å². The van der Waals surface area contributed by atoms with Gasteiger partial charge in [-0.05, 0) is 36.4 Å². The summed E-state index contributed by atoms with van der Waals surface area (Å²) in [4.78, 5) is 35.5. The lowest BCUT2D eigenvalue weighted by Crippen LogP contribution is -2.22. The molecule has 0 saturated carbocycles. The lowest BCUT2D eigenvalue weighted by Gasteiger charge is -2.07. The average molecular weight is 337 g/mol. The first kappa shape index (κ1) is 16.3. The van der Waals surface area contributed by atoms with E-state index in [2.05, 4.69) is 10.6 Å². The van der Waals surface area contributed by atoms with Crippen molar-refractivity contribution in [3.63, 3.8) is 0 Å². The average Bonchev–Trinajstić information content (AvgIpc) is 2.93. The number of anilines is 1. The molecule has 0 radical (unpaired) electrons. The largest absolute Gasteiger partial charge is 0.497 e. The van der Waals surface area contributed by atoms with Crippen molar-refractivity contribution >= 4 is 29.5 Å². The second-order valence-corrected chi connectivity index (χ2v) is 5.37. The van der Waals surface area contributed by atoms with Crippen LogP contribution in [0.4, 0.5) is 10.5 Å². The van der Waals surface area contributed by atoms with Crippen molar-refractivity contribution in [2.45, 2.75) is 0 Å². The minimum Gasteiger partial charge on any atom is -0.497 e. The van der Waals surface area contributed by atoms with Gasteiger partial charge in [0.25, 0.3) is 5.91 Å². The molecule has 0 unspecified atom stereocenters. The van der Waals surface area contributed by atoms with Crippen LogP contribution in [0, 0.1) is 0 Å². The van der Waals surface area contributed by atoms with Gasteiger partial charge in [0, 0.05) is 22.4 Å². The quantitative estimate of drug-likeness (QED) is 0.340. The Hall–Kier alpha value is -3.61. The summed E-state index contributed by atoms with van der Waals surface area (Å²) >= 11 is 0. The third kappa shape index (κ3) is 3.35. The topological polar surface area (TPSA) is 111 Å². The van der Waals surface area contributed by atoms with Crippen molar-refractivity contribution in [1.29, 1.82) is 0 Å². The maximum atomic E-state index is 12.7. The number of benzene rings is 2. The number of hydrogen-bond acceptors (Lipinski definition) is 5. The molecule has 2 aromatic rings. The Kier molecular flexibility index (Phi) is 4.21. The minimum absolute atomic E-state index is 0.0719. The van der Waals surface area contributed by atoms with Gasteiger partial charge in [0.1, 0.15) is 11.4 Å². The van der Waals surface area contributed by atoms with Crippen LogP contribution >= 0.6 is 0 Å². The number of ether oxygens (including phenoxy) is 1. The summed E-state index contributed by atoms with van der Waals surface area (Å²) < 4.78 is 5.13. The third-order valence-corrected chi connectivity index (χ3v) is 3.70. The molecule has 3 rings (SSSR count). The number of imide groups is 1. The molecule has 0 aromatic heterocycles. The number of rotatable bonds is 4. The summed E-state index contributed by atoms with van der Waals surface area (Å²) in [6.07, 6.45) is 1.43. The van der Waals surface area contributed by atoms with Gasteiger partial charge in [0.05, 0.1) is 7.11 Å². The second kappa shape index (κ2) is 6.48. The van der Waals surface area contributed by atoms with Crippen LogP contribution in [0.3, 0.4) is 0 Å². The molecule has 3 amide bonds. The molecule has 4 N–H and O–H groups in total. The van der Waals surface area contributed by atoms with Gasteiger partial charge in [-0.25, -0.2) is 4.79 Å². The van der Waals surface area contributed by atoms with Crippen LogP contribution in [-0.2, 0) is 4.79 Å². The third-order valence-electron chi connectivity index (χ3n) is 3.70. The van der Waals surface area contributed by atoms with E-state index < -0.39 is 11.9 Å². The van der Waals surface area contributed by atoms with Crippen molar-refractivity contribution in [1.82, 2.24) is 10.6 Å². The normalized spacial score (nSPS) is 15.0. The van der Waals surface area contributed by atoms with Crippen LogP contribution in [0.1, 0.15) is 21.5 Å². The molecule has 1 heterocycles. The van der Waals surface area contributed by atoms with Crippen LogP contribution in [0.25, 0.3) is 6.08 Å². The molecular weight excluding hydrogens is 322 g/mol. The van der Waals surface area contributed by atoms with Crippen LogP contribution in [0.5, 0.6) is 5.75 Å². The van der Waals surface area contributed by atoms with Gasteiger partial charge in [-0.15, -0.1) is 0 Å². The number of nitrogens with two attached hydrogens (primary N) is 1. The second-order valence-electron chi connectivity index (χ2n) is 5.37. The zero-order valence-corrected chi connectivity index (χ0v) is 13.3. The van der Waals surface area contributed by atoms with Crippen LogP contribution in [-0.4, -0.2) is 24.8 Å². The van der Waals surface area contributed by atoms with E-state index in [0.717, 1.165) is 0 Å². The number of carbonyl (C=O) groups is 3. The van der Waals surface area contributed by atoms with E-state index in [4.69, 9.17) is 10.5 Å². The van der Waals surface area contributed by atoms with E-state index in [-0.39, 0.29) is 11.5 Å². The van der Waals surface area contributed by atoms with E-state index >= 15 is 0 Å². The summed E-state index contributed by atoms with van der Waals surface area (Å²) in [6, 6.07) is 11.0. The van der Waals surface area contributed by atoms with Gasteiger partial charge in [-0.1, -0.05) is 12.1 Å². The summed E-state index contributed by atoms with van der Waals surface area (Å²) in [6.45, 7) is 0. The fraction of sp³-hybridized carbons (Fsp3) is 0.0556. The number of amides is 3. The van der Waals surface area contributed by atoms with E-state index in [1.165, 1.54) is 13.2 Å². The maximum Gasteiger partial charge on any atom is 0.326 e. The lowest BCUT2D eigenvalue weighted by atomic mass is 9.99. The zero-order valence-electron chi connectivity index (χ0n) is 13.3. The van der Waals surface area contributed by atoms with Crippen molar-refractivity contribution in [3.05, 3.63) is 64.9 Å². The van der Waals surface area contributed by atoms with Crippen molar-refractivity contribution in [3.8, 4) is 5.75 Å². The molecule has 1 fully saturated rings. The van der Waals surface area contributed by atoms with Crippen molar-refractivity contribution < 1.29 is 19.1 Å². The minimum atomic E-state index is -0.599. The number of nitrogen functional groups attached to an aromatic ring is 1. The smallest absolute Gasteiger partial charge is 0.326 e. The highest BCUT2D eigenvalue weighted by molar-refractivity contribution is 6.14. The first-order chi connectivity index (χ1) is 12.0. The summed E-state index contributed by atoms with van der Waals surface area (Å²) in [7, 11) is 1.53. The SMILES string of the molecule is COc1cccc(C(=O)c2ccc(N)c(/C=C3\NC(=O)NC3=O)c2)c1. The van der Waals surface area contributed by atoms with Gasteiger partial charge in [0.15, 0.2) is 5.78 Å². The van der Waals surface area contributed by atoms with E-state index in [1.807, 2.05) is 0 Å². The molecule has 0 aliphatic carbocycles. The molecule has 25 heavy (non-hydrogen) atoms. The van der Waals surface area contributed by atoms with E-state index in [1.54, 1.807) is 42.5 Å². The molecular formula is C18H15N3O4. The molecule has 0 atom stereocenters. The Balaban J connectivity index is 1.96. The molecule has 2 aromatic carbocycles. The summed E-state index contributed by atoms with van der Waals surface area (Å²) in [5, 5.41) is 4.48. The van der Waals surface area contributed by atoms with Crippen LogP contribution in [0.2, 0.25) is 0 Å². The predicted octanol–water partition coefficient (Wildman–Crippen LogP) is 1.69. The summed E-state index contributed by atoms with van der Waals surface area (Å²) in [5.41, 5.74) is 7.69. The van der Waals surface area contributed by atoms with E-state index in [0.29, 0.717) is 28.1 Å². The first-order valence-electron chi connectivity index (χ1n) is 7.40. The molecule has 7 nitrogen and oxygen atoms in total. The van der Waals surface area contributed by atoms with Gasteiger partial charge in [-0.2, -0.15) is 0 Å². The summed E-state index contributed by atoms with van der Waals surface area (Å²) in [5.74, 6) is -0.179. The first-order valence-corrected chi connectivity index (χ1v) is 7.40. The number of hydrogen-bond donors (Lipinski definition) is 3. The van der Waals surface area contributed by atoms with Gasteiger partial charge < -0.3 is 15.8 Å². The molecule has 1 saturated heterocycles. The molecule has 126 valence electrons. The Morgan fingerprint density at radius 1 is 1.08 bits per heavy atom. The Labute approximate surface area is 143 Å². The number of ketones is 1.